The molecule has 0 amide bonds. The second-order valence-corrected chi connectivity index (χ2v) is 4.10. The number of hydrogen-bond acceptors (Lipinski definition) is 4. The molecule has 0 fully saturated rings. The fourth-order valence-corrected chi connectivity index (χ4v) is 2.02. The Bertz CT molecular complexity index is 480. The largest absolute Gasteiger partial charge is 0.492 e. The van der Waals surface area contributed by atoms with Gasteiger partial charge in [-0.3, -0.25) is 9.78 Å². The zero-order valence-electron chi connectivity index (χ0n) is 8.84. The average molecular weight is 233 g/mol. The molecule has 0 saturated heterocycles. The molecule has 4 heteroatoms. The van der Waals surface area contributed by atoms with Gasteiger partial charge >= 0.3 is 0 Å². The van der Waals surface area contributed by atoms with Gasteiger partial charge in [-0.15, -0.1) is 11.3 Å². The maximum atomic E-state index is 12.0. The Labute approximate surface area is 97.7 Å². The number of carbonyl (C=O) groups is 1. The molecule has 0 N–H and O–H groups in total. The summed E-state index contributed by atoms with van der Waals surface area (Å²) in [6.45, 7) is 2.46. The Morgan fingerprint density at radius 1 is 1.50 bits per heavy atom. The van der Waals surface area contributed by atoms with Crippen LogP contribution in [0, 0.1) is 0 Å². The van der Waals surface area contributed by atoms with E-state index in [1.165, 1.54) is 11.3 Å². The van der Waals surface area contributed by atoms with Crippen LogP contribution in [0.1, 0.15) is 22.2 Å². The minimum Gasteiger partial charge on any atom is -0.492 e. The maximum absolute atomic E-state index is 12.0. The van der Waals surface area contributed by atoms with E-state index in [9.17, 15) is 4.79 Å². The lowest BCUT2D eigenvalue weighted by Crippen LogP contribution is -2.01. The van der Waals surface area contributed by atoms with Crippen LogP contribution < -0.4 is 4.74 Å². The molecule has 0 aliphatic heterocycles. The number of rotatable bonds is 4. The third-order valence-corrected chi connectivity index (χ3v) is 2.90. The molecule has 0 radical (unpaired) electrons. The summed E-state index contributed by atoms with van der Waals surface area (Å²) in [5.74, 6) is 0.619. The third-order valence-electron chi connectivity index (χ3n) is 2.03. The molecule has 0 saturated carbocycles. The second-order valence-electron chi connectivity index (χ2n) is 3.15. The number of hydrogen-bond donors (Lipinski definition) is 0. The first kappa shape index (κ1) is 10.8. The van der Waals surface area contributed by atoms with Crippen LogP contribution in [0.15, 0.2) is 36.0 Å². The molecule has 3 nitrogen and oxygen atoms in total. The van der Waals surface area contributed by atoms with Crippen molar-refractivity contribution in [2.45, 2.75) is 6.92 Å². The van der Waals surface area contributed by atoms with Gasteiger partial charge in [0.25, 0.3) is 0 Å². The highest BCUT2D eigenvalue weighted by molar-refractivity contribution is 7.12. The van der Waals surface area contributed by atoms with Gasteiger partial charge in [0.05, 0.1) is 17.7 Å². The van der Waals surface area contributed by atoms with Crippen molar-refractivity contribution < 1.29 is 9.53 Å². The number of ether oxygens (including phenoxy) is 1. The number of aromatic nitrogens is 1. The summed E-state index contributed by atoms with van der Waals surface area (Å²) in [5.41, 5.74) is 0.563. The molecule has 0 aliphatic rings. The topological polar surface area (TPSA) is 39.2 Å². The quantitative estimate of drug-likeness (QED) is 0.762. The molecule has 2 aromatic rings. The van der Waals surface area contributed by atoms with E-state index in [4.69, 9.17) is 4.74 Å². The number of carbonyl (C=O) groups excluding carboxylic acids is 1. The SMILES string of the molecule is CCOc1cncc(C(=O)c2cccs2)c1. The predicted octanol–water partition coefficient (Wildman–Crippen LogP) is 2.77. The van der Waals surface area contributed by atoms with Crippen LogP contribution in [0.25, 0.3) is 0 Å². The molecular weight excluding hydrogens is 222 g/mol. The van der Waals surface area contributed by atoms with Gasteiger partial charge in [-0.1, -0.05) is 6.07 Å². The van der Waals surface area contributed by atoms with Gasteiger partial charge in [0, 0.05) is 11.8 Å². The van der Waals surface area contributed by atoms with Gasteiger partial charge in [-0.25, -0.2) is 0 Å². The molecular formula is C12H11NO2S. The first-order chi connectivity index (χ1) is 7.81. The molecule has 2 rings (SSSR count). The van der Waals surface area contributed by atoms with Crippen LogP contribution in [0.2, 0.25) is 0 Å². The Hall–Kier alpha value is -1.68. The Balaban J connectivity index is 2.27. The maximum Gasteiger partial charge on any atom is 0.204 e. The molecule has 82 valence electrons. The Kier molecular flexibility index (Phi) is 3.31. The lowest BCUT2D eigenvalue weighted by atomic mass is 10.1. The lowest BCUT2D eigenvalue weighted by molar-refractivity contribution is 0.104. The first-order valence-electron chi connectivity index (χ1n) is 4.97. The van der Waals surface area contributed by atoms with Crippen molar-refractivity contribution in [3.63, 3.8) is 0 Å². The van der Waals surface area contributed by atoms with E-state index >= 15 is 0 Å². The van der Waals surface area contributed by atoms with Crippen molar-refractivity contribution in [1.82, 2.24) is 4.98 Å². The minimum atomic E-state index is -0.0101. The van der Waals surface area contributed by atoms with E-state index < -0.39 is 0 Å². The van der Waals surface area contributed by atoms with Gasteiger partial charge in [-0.05, 0) is 24.4 Å². The molecule has 0 unspecified atom stereocenters. The van der Waals surface area contributed by atoms with E-state index in [0.29, 0.717) is 17.9 Å². The van der Waals surface area contributed by atoms with E-state index in [1.807, 2.05) is 18.4 Å². The molecule has 0 spiro atoms. The van der Waals surface area contributed by atoms with Gasteiger partial charge in [0.2, 0.25) is 5.78 Å². The summed E-state index contributed by atoms with van der Waals surface area (Å²) in [4.78, 5) is 16.7. The second kappa shape index (κ2) is 4.90. The van der Waals surface area contributed by atoms with E-state index in [-0.39, 0.29) is 5.78 Å². The summed E-state index contributed by atoms with van der Waals surface area (Å²) in [5, 5.41) is 1.88. The first-order valence-corrected chi connectivity index (χ1v) is 5.85. The zero-order valence-corrected chi connectivity index (χ0v) is 9.66. The van der Waals surface area contributed by atoms with Crippen LogP contribution in [-0.4, -0.2) is 17.4 Å². The average Bonchev–Trinajstić information content (AvgIpc) is 2.82. The van der Waals surface area contributed by atoms with Crippen LogP contribution in [0.4, 0.5) is 0 Å². The number of pyridine rings is 1. The zero-order chi connectivity index (χ0) is 11.4. The molecule has 2 heterocycles. The third kappa shape index (κ3) is 2.28. The standard InChI is InChI=1S/C12H11NO2S/c1-2-15-10-6-9(7-13-8-10)12(14)11-4-3-5-16-11/h3-8H,2H2,1H3. The van der Waals surface area contributed by atoms with Crippen LogP contribution in [-0.2, 0) is 0 Å². The Morgan fingerprint density at radius 2 is 2.38 bits per heavy atom. The molecule has 0 atom stereocenters. The number of thiophene rings is 1. The summed E-state index contributed by atoms with van der Waals surface area (Å²) in [7, 11) is 0. The summed E-state index contributed by atoms with van der Waals surface area (Å²) < 4.78 is 5.30. The highest BCUT2D eigenvalue weighted by Gasteiger charge is 2.11. The highest BCUT2D eigenvalue weighted by atomic mass is 32.1. The van der Waals surface area contributed by atoms with Crippen LogP contribution in [0.3, 0.4) is 0 Å². The Morgan fingerprint density at radius 3 is 3.06 bits per heavy atom. The van der Waals surface area contributed by atoms with E-state index in [1.54, 1.807) is 24.5 Å². The molecule has 0 aromatic carbocycles. The molecule has 0 bridgehead atoms. The van der Waals surface area contributed by atoms with Gasteiger partial charge in [0.1, 0.15) is 5.75 Å². The number of ketones is 1. The molecule has 0 aliphatic carbocycles. The van der Waals surface area contributed by atoms with Crippen molar-refractivity contribution in [3.8, 4) is 5.75 Å². The smallest absolute Gasteiger partial charge is 0.204 e. The lowest BCUT2D eigenvalue weighted by Gasteiger charge is -2.03. The van der Waals surface area contributed by atoms with Crippen molar-refractivity contribution in [1.29, 1.82) is 0 Å². The van der Waals surface area contributed by atoms with E-state index in [0.717, 1.165) is 4.88 Å². The minimum absolute atomic E-state index is 0.0101. The van der Waals surface area contributed by atoms with Crippen molar-refractivity contribution in [3.05, 3.63) is 46.4 Å². The summed E-state index contributed by atoms with van der Waals surface area (Å²) in [6.07, 6.45) is 3.17. The van der Waals surface area contributed by atoms with Crippen molar-refractivity contribution >= 4 is 17.1 Å². The normalized spacial score (nSPS) is 10.1. The van der Waals surface area contributed by atoms with E-state index in [2.05, 4.69) is 4.98 Å². The van der Waals surface area contributed by atoms with Crippen molar-refractivity contribution in [2.24, 2.45) is 0 Å². The van der Waals surface area contributed by atoms with Crippen LogP contribution in [0.5, 0.6) is 5.75 Å². The molecule has 16 heavy (non-hydrogen) atoms. The van der Waals surface area contributed by atoms with Gasteiger partial charge in [0.15, 0.2) is 0 Å². The fraction of sp³-hybridized carbons (Fsp3) is 0.167. The van der Waals surface area contributed by atoms with Crippen LogP contribution >= 0.6 is 11.3 Å². The fourth-order valence-electron chi connectivity index (χ4n) is 1.34. The molecule has 2 aromatic heterocycles. The summed E-state index contributed by atoms with van der Waals surface area (Å²) in [6, 6.07) is 5.39. The van der Waals surface area contributed by atoms with Crippen molar-refractivity contribution in [2.75, 3.05) is 6.61 Å². The monoisotopic (exact) mass is 233 g/mol. The summed E-state index contributed by atoms with van der Waals surface area (Å²) >= 11 is 1.43. The van der Waals surface area contributed by atoms with Gasteiger partial charge in [-0.2, -0.15) is 0 Å². The predicted molar refractivity (Wildman–Crippen MR) is 63.2 cm³/mol. The van der Waals surface area contributed by atoms with Gasteiger partial charge < -0.3 is 4.74 Å². The highest BCUT2D eigenvalue weighted by Crippen LogP contribution is 2.17. The number of nitrogens with zero attached hydrogens (tertiary/aromatic N) is 1.